The number of benzene rings is 2. The lowest BCUT2D eigenvalue weighted by Gasteiger charge is -2.17. The van der Waals surface area contributed by atoms with Gasteiger partial charge < -0.3 is 14.8 Å². The molecule has 1 aliphatic heterocycles. The summed E-state index contributed by atoms with van der Waals surface area (Å²) in [7, 11) is -2.00. The second-order valence-electron chi connectivity index (χ2n) is 7.52. The number of ether oxygens (including phenoxy) is 2. The van der Waals surface area contributed by atoms with Crippen molar-refractivity contribution in [2.75, 3.05) is 19.0 Å². The Hall–Kier alpha value is -3.07. The van der Waals surface area contributed by atoms with E-state index < -0.39 is 10.0 Å². The number of amides is 1. The number of anilines is 1. The Morgan fingerprint density at radius 2 is 1.94 bits per heavy atom. The Balaban J connectivity index is 1.38. The molecule has 0 atom stereocenters. The van der Waals surface area contributed by atoms with Crippen LogP contribution in [0.4, 0.5) is 5.69 Å². The number of aliphatic imine (C=N–C) groups is 1. The fourth-order valence-corrected chi connectivity index (χ4v) is 5.03. The zero-order valence-corrected chi connectivity index (χ0v) is 18.1. The summed E-state index contributed by atoms with van der Waals surface area (Å²) in [5.74, 6) is 1.28. The first-order valence-electron chi connectivity index (χ1n) is 10.3. The van der Waals surface area contributed by atoms with Crippen molar-refractivity contribution < 1.29 is 22.7 Å². The first-order chi connectivity index (χ1) is 15.0. The molecule has 0 spiro atoms. The molecule has 164 valence electrons. The van der Waals surface area contributed by atoms with Crippen molar-refractivity contribution in [3.8, 4) is 11.5 Å². The smallest absolute Gasteiger partial charge is 0.263 e. The van der Waals surface area contributed by atoms with Gasteiger partial charge in [-0.05, 0) is 49.9 Å². The topological polar surface area (TPSA) is 106 Å². The van der Waals surface area contributed by atoms with E-state index in [4.69, 9.17) is 9.47 Å². The van der Waals surface area contributed by atoms with Crippen LogP contribution in [0, 0.1) is 0 Å². The van der Waals surface area contributed by atoms with Gasteiger partial charge in [-0.1, -0.05) is 12.1 Å². The molecule has 9 heteroatoms. The van der Waals surface area contributed by atoms with Crippen LogP contribution in [0.2, 0.25) is 0 Å². The van der Waals surface area contributed by atoms with Crippen LogP contribution in [0.15, 0.2) is 52.4 Å². The number of fused-ring (bicyclic) bond motifs is 1. The van der Waals surface area contributed by atoms with Gasteiger partial charge in [0.2, 0.25) is 5.91 Å². The summed E-state index contributed by atoms with van der Waals surface area (Å²) >= 11 is 0. The molecule has 2 aromatic rings. The predicted molar refractivity (Wildman–Crippen MR) is 117 cm³/mol. The van der Waals surface area contributed by atoms with Crippen LogP contribution in [0.25, 0.3) is 0 Å². The standard InChI is InChI=1S/C22H25N3O5S/c1-29-18-11-10-15(14-19(18)30-16-6-2-3-7-16)24-21(26)12-13-23-22-17-8-4-5-9-20(17)31(27,28)25-22/h4-5,8-11,14,16H,2-3,6-7,12-13H2,1H3,(H,23,25)(H,24,26). The van der Waals surface area contributed by atoms with Gasteiger partial charge in [0, 0.05) is 23.7 Å². The molecule has 1 saturated carbocycles. The van der Waals surface area contributed by atoms with Crippen LogP contribution in [0.5, 0.6) is 11.5 Å². The van der Waals surface area contributed by atoms with Gasteiger partial charge in [0.15, 0.2) is 11.5 Å². The van der Waals surface area contributed by atoms with Crippen molar-refractivity contribution in [1.82, 2.24) is 4.72 Å². The second-order valence-corrected chi connectivity index (χ2v) is 9.17. The van der Waals surface area contributed by atoms with E-state index in [0.717, 1.165) is 25.7 Å². The highest BCUT2D eigenvalue weighted by Crippen LogP contribution is 2.34. The van der Waals surface area contributed by atoms with E-state index in [0.29, 0.717) is 22.7 Å². The molecule has 4 rings (SSSR count). The Morgan fingerprint density at radius 3 is 2.71 bits per heavy atom. The maximum Gasteiger partial charge on any atom is 0.263 e. The number of sulfonamides is 1. The van der Waals surface area contributed by atoms with Crippen molar-refractivity contribution in [2.45, 2.75) is 43.1 Å². The summed E-state index contributed by atoms with van der Waals surface area (Å²) in [6.45, 7) is 0.152. The minimum atomic E-state index is -3.58. The van der Waals surface area contributed by atoms with Crippen LogP contribution in [0.3, 0.4) is 0 Å². The molecular weight excluding hydrogens is 418 g/mol. The highest BCUT2D eigenvalue weighted by molar-refractivity contribution is 7.90. The lowest BCUT2D eigenvalue weighted by molar-refractivity contribution is -0.116. The molecule has 2 aromatic carbocycles. The third-order valence-corrected chi connectivity index (χ3v) is 6.71. The molecule has 0 bridgehead atoms. The number of carbonyl (C=O) groups excluding carboxylic acids is 1. The predicted octanol–water partition coefficient (Wildman–Crippen LogP) is 3.08. The highest BCUT2D eigenvalue weighted by atomic mass is 32.2. The number of nitrogens with zero attached hydrogens (tertiary/aromatic N) is 1. The summed E-state index contributed by atoms with van der Waals surface area (Å²) in [6, 6.07) is 11.9. The van der Waals surface area contributed by atoms with Crippen molar-refractivity contribution in [3.63, 3.8) is 0 Å². The number of methoxy groups -OCH3 is 1. The average Bonchev–Trinajstić information content (AvgIpc) is 3.35. The number of rotatable bonds is 7. The summed E-state index contributed by atoms with van der Waals surface area (Å²) in [5, 5.41) is 2.84. The minimum absolute atomic E-state index is 0.109. The quantitative estimate of drug-likeness (QED) is 0.684. The molecule has 1 aliphatic carbocycles. The fourth-order valence-electron chi connectivity index (χ4n) is 3.78. The Labute approximate surface area is 181 Å². The van der Waals surface area contributed by atoms with E-state index in [2.05, 4.69) is 15.0 Å². The van der Waals surface area contributed by atoms with E-state index in [1.165, 1.54) is 6.07 Å². The van der Waals surface area contributed by atoms with Gasteiger partial charge >= 0.3 is 0 Å². The van der Waals surface area contributed by atoms with Crippen LogP contribution in [-0.4, -0.2) is 39.9 Å². The largest absolute Gasteiger partial charge is 0.493 e. The van der Waals surface area contributed by atoms with Gasteiger partial charge in [-0.3, -0.25) is 14.5 Å². The van der Waals surface area contributed by atoms with Crippen molar-refractivity contribution in [2.24, 2.45) is 4.99 Å². The molecular formula is C22H25N3O5S. The lowest BCUT2D eigenvalue weighted by Crippen LogP contribution is -2.23. The Bertz CT molecular complexity index is 1110. The van der Waals surface area contributed by atoms with E-state index in [1.54, 1.807) is 43.5 Å². The molecule has 31 heavy (non-hydrogen) atoms. The number of nitrogens with one attached hydrogen (secondary N) is 2. The average molecular weight is 444 g/mol. The van der Waals surface area contributed by atoms with E-state index in [1.807, 2.05) is 0 Å². The maximum atomic E-state index is 12.4. The second kappa shape index (κ2) is 8.97. The van der Waals surface area contributed by atoms with E-state index >= 15 is 0 Å². The molecule has 0 aromatic heterocycles. The Kier molecular flexibility index (Phi) is 6.13. The third kappa shape index (κ3) is 4.82. The molecule has 8 nitrogen and oxygen atoms in total. The third-order valence-electron chi connectivity index (χ3n) is 5.31. The van der Waals surface area contributed by atoms with Crippen LogP contribution in [0.1, 0.15) is 37.7 Å². The molecule has 2 N–H and O–H groups in total. The minimum Gasteiger partial charge on any atom is -0.493 e. The number of amidine groups is 1. The SMILES string of the molecule is COc1ccc(NC(=O)CCN=C2NS(=O)(=O)c3ccccc32)cc1OC1CCCC1. The number of hydrogen-bond donors (Lipinski definition) is 2. The van der Waals surface area contributed by atoms with Crippen molar-refractivity contribution in [3.05, 3.63) is 48.0 Å². The van der Waals surface area contributed by atoms with Gasteiger partial charge in [0.05, 0.1) is 24.7 Å². The Morgan fingerprint density at radius 1 is 1.16 bits per heavy atom. The lowest BCUT2D eigenvalue weighted by atomic mass is 10.2. The first-order valence-corrected chi connectivity index (χ1v) is 11.8. The monoisotopic (exact) mass is 443 g/mol. The van der Waals surface area contributed by atoms with Crippen LogP contribution < -0.4 is 19.5 Å². The summed E-state index contributed by atoms with van der Waals surface area (Å²) < 4.78 is 38.1. The zero-order valence-electron chi connectivity index (χ0n) is 17.3. The molecule has 0 saturated heterocycles. The van der Waals surface area contributed by atoms with Crippen molar-refractivity contribution >= 4 is 27.5 Å². The van der Waals surface area contributed by atoms with Gasteiger partial charge in [0.25, 0.3) is 10.0 Å². The molecule has 0 radical (unpaired) electrons. The molecule has 1 fully saturated rings. The number of hydrogen-bond acceptors (Lipinski definition) is 6. The summed E-state index contributed by atoms with van der Waals surface area (Å²) in [4.78, 5) is 16.9. The van der Waals surface area contributed by atoms with Gasteiger partial charge in [-0.15, -0.1) is 0 Å². The van der Waals surface area contributed by atoms with Gasteiger partial charge in [-0.25, -0.2) is 8.42 Å². The molecule has 1 amide bonds. The first kappa shape index (κ1) is 21.2. The highest BCUT2D eigenvalue weighted by Gasteiger charge is 2.30. The van der Waals surface area contributed by atoms with E-state index in [9.17, 15) is 13.2 Å². The summed E-state index contributed by atoms with van der Waals surface area (Å²) in [5.41, 5.74) is 1.13. The normalized spacial score (nSPS) is 18.4. The van der Waals surface area contributed by atoms with Crippen molar-refractivity contribution in [1.29, 1.82) is 0 Å². The van der Waals surface area contributed by atoms with E-state index in [-0.39, 0.29) is 35.7 Å². The maximum absolute atomic E-state index is 12.4. The molecule has 0 unspecified atom stereocenters. The zero-order chi connectivity index (χ0) is 21.8. The molecule has 1 heterocycles. The van der Waals surface area contributed by atoms with Crippen LogP contribution in [-0.2, 0) is 14.8 Å². The fraction of sp³-hybridized carbons (Fsp3) is 0.364. The van der Waals surface area contributed by atoms with Crippen LogP contribution >= 0.6 is 0 Å². The number of carbonyl (C=O) groups is 1. The summed E-state index contributed by atoms with van der Waals surface area (Å²) in [6.07, 6.45) is 4.64. The van der Waals surface area contributed by atoms with Gasteiger partial charge in [0.1, 0.15) is 5.84 Å². The molecule has 2 aliphatic rings. The van der Waals surface area contributed by atoms with Gasteiger partial charge in [-0.2, -0.15) is 0 Å².